The summed E-state index contributed by atoms with van der Waals surface area (Å²) in [6.45, 7) is 0. The highest BCUT2D eigenvalue weighted by Crippen LogP contribution is 2.41. The van der Waals surface area contributed by atoms with E-state index < -0.39 is 0 Å². The number of hydrogen-bond acceptors (Lipinski definition) is 2. The molecule has 0 aromatic carbocycles. The van der Waals surface area contributed by atoms with Gasteiger partial charge in [-0.1, -0.05) is 25.7 Å². The van der Waals surface area contributed by atoms with Crippen LogP contribution in [-0.2, 0) is 0 Å². The van der Waals surface area contributed by atoms with Crippen LogP contribution in [0.5, 0.6) is 0 Å². The molecule has 14 heavy (non-hydrogen) atoms. The molecule has 0 bridgehead atoms. The number of nitrogens with one attached hydrogen (secondary N) is 1. The molecular weight excluding hydrogens is 190 g/mol. The summed E-state index contributed by atoms with van der Waals surface area (Å²) >= 11 is 2.34. The second-order valence-electron chi connectivity index (χ2n) is 5.16. The van der Waals surface area contributed by atoms with Crippen LogP contribution < -0.4 is 5.32 Å². The van der Waals surface area contributed by atoms with Gasteiger partial charge in [-0.05, 0) is 25.7 Å². The molecule has 3 aliphatic rings. The van der Waals surface area contributed by atoms with Crippen LogP contribution >= 0.6 is 11.8 Å². The van der Waals surface area contributed by atoms with E-state index in [2.05, 4.69) is 17.1 Å². The lowest BCUT2D eigenvalue weighted by molar-refractivity contribution is 0.284. The lowest BCUT2D eigenvalue weighted by atomic mass is 9.89. The molecule has 1 N–H and O–H groups in total. The van der Waals surface area contributed by atoms with E-state index in [0.29, 0.717) is 0 Å². The summed E-state index contributed by atoms with van der Waals surface area (Å²) in [5, 5.41) is 5.86. The maximum absolute atomic E-state index is 3.94. The first kappa shape index (κ1) is 9.53. The Balaban J connectivity index is 1.68. The first-order valence-corrected chi connectivity index (χ1v) is 7.29. The van der Waals surface area contributed by atoms with Crippen molar-refractivity contribution in [3.8, 4) is 0 Å². The summed E-state index contributed by atoms with van der Waals surface area (Å²) in [4.78, 5) is 0. The maximum atomic E-state index is 3.94. The van der Waals surface area contributed by atoms with Crippen molar-refractivity contribution in [2.24, 2.45) is 0 Å². The number of fused-ring (bicyclic) bond motifs is 2. The fourth-order valence-corrected chi connectivity index (χ4v) is 5.26. The second-order valence-corrected chi connectivity index (χ2v) is 6.64. The monoisotopic (exact) mass is 211 g/mol. The third-order valence-corrected chi connectivity index (χ3v) is 6.01. The van der Waals surface area contributed by atoms with Crippen LogP contribution in [0.4, 0.5) is 0 Å². The van der Waals surface area contributed by atoms with E-state index in [4.69, 9.17) is 0 Å². The van der Waals surface area contributed by atoms with Gasteiger partial charge in [0.25, 0.3) is 0 Å². The second kappa shape index (κ2) is 4.05. The first-order chi connectivity index (χ1) is 6.93. The van der Waals surface area contributed by atoms with E-state index in [1.165, 1.54) is 51.4 Å². The van der Waals surface area contributed by atoms with Crippen LogP contribution in [-0.4, -0.2) is 22.6 Å². The predicted molar refractivity (Wildman–Crippen MR) is 62.8 cm³/mol. The minimum absolute atomic E-state index is 0.869. The molecule has 1 saturated heterocycles. The smallest absolute Gasteiger partial charge is 0.0204 e. The third kappa shape index (κ3) is 1.71. The van der Waals surface area contributed by atoms with Crippen LogP contribution in [0.2, 0.25) is 0 Å². The Morgan fingerprint density at radius 3 is 1.79 bits per heavy atom. The van der Waals surface area contributed by atoms with Gasteiger partial charge in [0.2, 0.25) is 0 Å². The molecule has 3 rings (SSSR count). The zero-order chi connectivity index (χ0) is 9.38. The number of hydrogen-bond donors (Lipinski definition) is 1. The van der Waals surface area contributed by atoms with Gasteiger partial charge >= 0.3 is 0 Å². The van der Waals surface area contributed by atoms with Crippen molar-refractivity contribution >= 4 is 11.8 Å². The maximum Gasteiger partial charge on any atom is 0.0204 e. The zero-order valence-electron chi connectivity index (χ0n) is 8.87. The molecule has 0 amide bonds. The van der Waals surface area contributed by atoms with Crippen molar-refractivity contribution in [3.05, 3.63) is 0 Å². The summed E-state index contributed by atoms with van der Waals surface area (Å²) < 4.78 is 0. The van der Waals surface area contributed by atoms with Gasteiger partial charge in [0, 0.05) is 22.6 Å². The molecule has 0 aromatic heterocycles. The van der Waals surface area contributed by atoms with E-state index in [1.54, 1.807) is 0 Å². The molecule has 2 aliphatic carbocycles. The van der Waals surface area contributed by atoms with Crippen LogP contribution in [0.25, 0.3) is 0 Å². The van der Waals surface area contributed by atoms with E-state index in [1.807, 2.05) is 0 Å². The largest absolute Gasteiger partial charge is 0.309 e. The summed E-state index contributed by atoms with van der Waals surface area (Å²) in [5.41, 5.74) is 0. The number of thioether (sulfide) groups is 1. The Hall–Kier alpha value is 0.310. The highest BCUT2D eigenvalue weighted by molar-refractivity contribution is 8.00. The summed E-state index contributed by atoms with van der Waals surface area (Å²) in [7, 11) is 0. The van der Waals surface area contributed by atoms with Crippen LogP contribution in [0.15, 0.2) is 0 Å². The normalized spacial score (nSPS) is 48.0. The van der Waals surface area contributed by atoms with Gasteiger partial charge < -0.3 is 5.32 Å². The van der Waals surface area contributed by atoms with E-state index in [9.17, 15) is 0 Å². The molecule has 1 aliphatic heterocycles. The average Bonchev–Trinajstić information content (AvgIpc) is 2.26. The summed E-state index contributed by atoms with van der Waals surface area (Å²) in [5.74, 6) is 0. The van der Waals surface area contributed by atoms with Crippen LogP contribution in [0.1, 0.15) is 51.4 Å². The Morgan fingerprint density at radius 1 is 0.714 bits per heavy atom. The van der Waals surface area contributed by atoms with Gasteiger partial charge in [-0.2, -0.15) is 11.8 Å². The Kier molecular flexibility index (Phi) is 2.76. The molecular formula is C12H21NS. The van der Waals surface area contributed by atoms with Gasteiger partial charge in [0.15, 0.2) is 0 Å². The summed E-state index contributed by atoms with van der Waals surface area (Å²) in [6.07, 6.45) is 11.7. The minimum Gasteiger partial charge on any atom is -0.309 e. The molecule has 1 heterocycles. The van der Waals surface area contributed by atoms with Gasteiger partial charge in [-0.25, -0.2) is 0 Å². The Morgan fingerprint density at radius 2 is 1.21 bits per heavy atom. The molecule has 0 aromatic rings. The SMILES string of the molecule is C1CC[C@@H]2S[C@H]3CCCC[C@H]3N[C@H]2C1. The minimum atomic E-state index is 0.869. The Bertz CT molecular complexity index is 164. The van der Waals surface area contributed by atoms with Crippen molar-refractivity contribution in [1.29, 1.82) is 0 Å². The molecule has 0 unspecified atom stereocenters. The topological polar surface area (TPSA) is 12.0 Å². The van der Waals surface area contributed by atoms with Gasteiger partial charge in [-0.15, -0.1) is 0 Å². The Labute approximate surface area is 91.4 Å². The van der Waals surface area contributed by atoms with E-state index in [-0.39, 0.29) is 0 Å². The van der Waals surface area contributed by atoms with Crippen LogP contribution in [0.3, 0.4) is 0 Å². The standard InChI is InChI=1S/C12H21NS/c1-3-7-11-9(5-1)13-10-6-2-4-8-12(10)14-11/h9-13H,1-8H2/t9-,10+,11-,12-/m0/s1. The summed E-state index contributed by atoms with van der Waals surface area (Å²) in [6, 6.07) is 1.74. The van der Waals surface area contributed by atoms with Gasteiger partial charge in [-0.3, -0.25) is 0 Å². The van der Waals surface area contributed by atoms with Gasteiger partial charge in [0.1, 0.15) is 0 Å². The molecule has 2 heteroatoms. The van der Waals surface area contributed by atoms with Crippen molar-refractivity contribution < 1.29 is 0 Å². The van der Waals surface area contributed by atoms with E-state index >= 15 is 0 Å². The highest BCUT2D eigenvalue weighted by Gasteiger charge is 2.38. The van der Waals surface area contributed by atoms with Crippen LogP contribution in [0, 0.1) is 0 Å². The van der Waals surface area contributed by atoms with Crippen molar-refractivity contribution in [3.63, 3.8) is 0 Å². The molecule has 1 nitrogen and oxygen atoms in total. The molecule has 3 fully saturated rings. The molecule has 80 valence electrons. The highest BCUT2D eigenvalue weighted by atomic mass is 32.2. The van der Waals surface area contributed by atoms with Crippen molar-refractivity contribution in [2.45, 2.75) is 74.0 Å². The lowest BCUT2D eigenvalue weighted by Crippen LogP contribution is -2.56. The molecule has 2 saturated carbocycles. The fourth-order valence-electron chi connectivity index (χ4n) is 3.40. The number of rotatable bonds is 0. The molecule has 0 spiro atoms. The van der Waals surface area contributed by atoms with Gasteiger partial charge in [0.05, 0.1) is 0 Å². The van der Waals surface area contributed by atoms with E-state index in [0.717, 1.165) is 22.6 Å². The molecule has 0 radical (unpaired) electrons. The quantitative estimate of drug-likeness (QED) is 0.661. The third-order valence-electron chi connectivity index (χ3n) is 4.18. The average molecular weight is 211 g/mol. The fraction of sp³-hybridized carbons (Fsp3) is 1.00. The first-order valence-electron chi connectivity index (χ1n) is 6.35. The predicted octanol–water partition coefficient (Wildman–Crippen LogP) is 2.95. The van der Waals surface area contributed by atoms with Crippen molar-refractivity contribution in [1.82, 2.24) is 5.32 Å². The van der Waals surface area contributed by atoms with Crippen molar-refractivity contribution in [2.75, 3.05) is 0 Å². The zero-order valence-corrected chi connectivity index (χ0v) is 9.69. The molecule has 4 atom stereocenters. The lowest BCUT2D eigenvalue weighted by Gasteiger charge is -2.46.